The van der Waals surface area contributed by atoms with Gasteiger partial charge in [0.1, 0.15) is 0 Å². The Balaban J connectivity index is 4.20. The van der Waals surface area contributed by atoms with E-state index in [4.69, 9.17) is 0 Å². The van der Waals surface area contributed by atoms with E-state index in [2.05, 4.69) is 0 Å². The van der Waals surface area contributed by atoms with Crippen molar-refractivity contribution in [3.63, 3.8) is 0 Å². The molecular formula is C6H15F2P. The minimum absolute atomic E-state index is 0.0819. The Labute approximate surface area is 55.8 Å². The van der Waals surface area contributed by atoms with Gasteiger partial charge in [-0.05, 0) is 0 Å². The van der Waals surface area contributed by atoms with Crippen LogP contribution in [0.1, 0.15) is 20.8 Å². The van der Waals surface area contributed by atoms with Gasteiger partial charge in [0, 0.05) is 0 Å². The van der Waals surface area contributed by atoms with Gasteiger partial charge in [-0.3, -0.25) is 0 Å². The summed E-state index contributed by atoms with van der Waals surface area (Å²) in [5.41, 5.74) is 0. The molecule has 0 unspecified atom stereocenters. The predicted molar refractivity (Wildman–Crippen MR) is 40.8 cm³/mol. The van der Waals surface area contributed by atoms with Crippen LogP contribution in [0, 0.1) is 0 Å². The molecule has 0 bridgehead atoms. The van der Waals surface area contributed by atoms with E-state index >= 15 is 0 Å². The zero-order valence-electron chi connectivity index (χ0n) is 6.32. The summed E-state index contributed by atoms with van der Waals surface area (Å²) >= 11 is 0. The molecule has 0 aliphatic carbocycles. The van der Waals surface area contributed by atoms with Crippen molar-refractivity contribution in [2.24, 2.45) is 0 Å². The number of rotatable bonds is 3. The summed E-state index contributed by atoms with van der Waals surface area (Å²) in [4.78, 5) is 0. The van der Waals surface area contributed by atoms with E-state index in [0.717, 1.165) is 0 Å². The molecule has 0 saturated heterocycles. The van der Waals surface area contributed by atoms with Gasteiger partial charge in [0.15, 0.2) is 0 Å². The van der Waals surface area contributed by atoms with Crippen LogP contribution in [0.15, 0.2) is 0 Å². The summed E-state index contributed by atoms with van der Waals surface area (Å²) in [7, 11) is -4.13. The predicted octanol–water partition coefficient (Wildman–Crippen LogP) is 3.37. The fourth-order valence-electron chi connectivity index (χ4n) is 0.671. The fourth-order valence-corrected chi connectivity index (χ4v) is 2.01. The van der Waals surface area contributed by atoms with Gasteiger partial charge >= 0.3 is 54.9 Å². The molecule has 58 valence electrons. The molecule has 0 heterocycles. The molecule has 0 rings (SSSR count). The number of hydrogen-bond donors (Lipinski definition) is 0. The molecule has 0 aromatic rings. The molecule has 0 amide bonds. The van der Waals surface area contributed by atoms with E-state index in [9.17, 15) is 8.39 Å². The summed E-state index contributed by atoms with van der Waals surface area (Å²) in [5, 5.41) is 0. The van der Waals surface area contributed by atoms with E-state index < -0.39 is 7.22 Å². The third-order valence-corrected chi connectivity index (χ3v) is 6.18. The topological polar surface area (TPSA) is 0 Å². The van der Waals surface area contributed by atoms with Crippen LogP contribution in [0.5, 0.6) is 0 Å². The van der Waals surface area contributed by atoms with E-state index in [1.54, 1.807) is 20.8 Å². The van der Waals surface area contributed by atoms with Crippen molar-refractivity contribution in [2.75, 3.05) is 18.5 Å². The molecule has 3 heteroatoms. The van der Waals surface area contributed by atoms with Crippen LogP contribution in [0.4, 0.5) is 8.39 Å². The van der Waals surface area contributed by atoms with Crippen molar-refractivity contribution in [3.05, 3.63) is 0 Å². The molecule has 0 nitrogen and oxygen atoms in total. The Morgan fingerprint density at radius 1 is 0.889 bits per heavy atom. The Hall–Kier alpha value is 0.290. The van der Waals surface area contributed by atoms with Crippen LogP contribution < -0.4 is 0 Å². The fraction of sp³-hybridized carbons (Fsp3) is 1.00. The summed E-state index contributed by atoms with van der Waals surface area (Å²) in [5.74, 6) is 0. The second kappa shape index (κ2) is 2.49. The molecule has 0 radical (unpaired) electrons. The average molecular weight is 156 g/mol. The maximum atomic E-state index is 13.1. The summed E-state index contributed by atoms with van der Waals surface area (Å²) < 4.78 is 26.3. The van der Waals surface area contributed by atoms with Gasteiger partial charge in [-0.2, -0.15) is 0 Å². The molecule has 0 spiro atoms. The molecule has 0 aliphatic heterocycles. The van der Waals surface area contributed by atoms with Crippen molar-refractivity contribution in [3.8, 4) is 0 Å². The van der Waals surface area contributed by atoms with Gasteiger partial charge in [-0.25, -0.2) is 0 Å². The Kier molecular flexibility index (Phi) is 2.57. The normalized spacial score (nSPS) is 16.8. The first-order chi connectivity index (χ1) is 3.96. The standard InChI is InChI=1S/C6H15F2P/c1-4-9(7,8,5-2)6-3/h4-6H2,1-3H3. The SMILES string of the molecule is CCP(F)(F)(CC)CC. The monoisotopic (exact) mass is 156 g/mol. The molecule has 0 fully saturated rings. The summed E-state index contributed by atoms with van der Waals surface area (Å²) in [6.07, 6.45) is 0.246. The maximum absolute atomic E-state index is 13.1. The molecule has 0 N–H and O–H groups in total. The van der Waals surface area contributed by atoms with Crippen LogP contribution in [-0.2, 0) is 0 Å². The van der Waals surface area contributed by atoms with Crippen molar-refractivity contribution in [1.82, 2.24) is 0 Å². The van der Waals surface area contributed by atoms with E-state index in [1.165, 1.54) is 0 Å². The molecule has 0 aromatic carbocycles. The second-order valence-electron chi connectivity index (χ2n) is 2.40. The molecule has 0 saturated carbocycles. The average Bonchev–Trinajstić information content (AvgIpc) is 1.90. The zero-order valence-corrected chi connectivity index (χ0v) is 7.22. The molecular weight excluding hydrogens is 141 g/mol. The Morgan fingerprint density at radius 2 is 1.11 bits per heavy atom. The van der Waals surface area contributed by atoms with Gasteiger partial charge < -0.3 is 0 Å². The minimum atomic E-state index is -4.13. The van der Waals surface area contributed by atoms with Crippen LogP contribution in [0.25, 0.3) is 0 Å². The molecule has 0 atom stereocenters. The molecule has 0 aliphatic rings. The van der Waals surface area contributed by atoms with Crippen molar-refractivity contribution in [1.29, 1.82) is 0 Å². The zero-order chi connectivity index (χ0) is 7.57. The van der Waals surface area contributed by atoms with Gasteiger partial charge in [0.2, 0.25) is 0 Å². The van der Waals surface area contributed by atoms with Crippen LogP contribution in [0.3, 0.4) is 0 Å². The Morgan fingerprint density at radius 3 is 1.11 bits per heavy atom. The number of halogens is 2. The van der Waals surface area contributed by atoms with Crippen LogP contribution in [-0.4, -0.2) is 18.5 Å². The second-order valence-corrected chi connectivity index (χ2v) is 7.20. The first-order valence-electron chi connectivity index (χ1n) is 3.41. The third-order valence-electron chi connectivity index (χ3n) is 2.06. The summed E-state index contributed by atoms with van der Waals surface area (Å²) in [6, 6.07) is 0. The first-order valence-corrected chi connectivity index (χ1v) is 5.98. The Bertz CT molecular complexity index is 82.2. The van der Waals surface area contributed by atoms with Crippen molar-refractivity contribution >= 4 is 7.22 Å². The molecule has 9 heavy (non-hydrogen) atoms. The van der Waals surface area contributed by atoms with Crippen LogP contribution >= 0.6 is 7.22 Å². The van der Waals surface area contributed by atoms with E-state index in [0.29, 0.717) is 0 Å². The van der Waals surface area contributed by atoms with Gasteiger partial charge in [-0.15, -0.1) is 0 Å². The van der Waals surface area contributed by atoms with Crippen LogP contribution in [0.2, 0.25) is 0 Å². The van der Waals surface area contributed by atoms with Crippen molar-refractivity contribution < 1.29 is 8.39 Å². The van der Waals surface area contributed by atoms with Gasteiger partial charge in [0.05, 0.1) is 0 Å². The van der Waals surface area contributed by atoms with Gasteiger partial charge in [0.25, 0.3) is 0 Å². The third kappa shape index (κ3) is 2.17. The quantitative estimate of drug-likeness (QED) is 0.549. The van der Waals surface area contributed by atoms with E-state index in [-0.39, 0.29) is 18.5 Å². The number of hydrogen-bond acceptors (Lipinski definition) is 0. The summed E-state index contributed by atoms with van der Waals surface area (Å²) in [6.45, 7) is 4.76. The first kappa shape index (κ1) is 9.29. The van der Waals surface area contributed by atoms with Gasteiger partial charge in [-0.1, -0.05) is 0 Å². The molecule has 0 aromatic heterocycles. The van der Waals surface area contributed by atoms with E-state index in [1.807, 2.05) is 0 Å². The van der Waals surface area contributed by atoms with Crippen molar-refractivity contribution in [2.45, 2.75) is 20.8 Å².